The first-order valence-electron chi connectivity index (χ1n) is 6.58. The summed E-state index contributed by atoms with van der Waals surface area (Å²) in [5.41, 5.74) is 0.945. The van der Waals surface area contributed by atoms with E-state index in [-0.39, 0.29) is 5.69 Å². The van der Waals surface area contributed by atoms with Crippen molar-refractivity contribution < 1.29 is 4.92 Å². The molecule has 0 amide bonds. The fraction of sp³-hybridized carbons (Fsp3) is 0. The van der Waals surface area contributed by atoms with Crippen LogP contribution in [-0.2, 0) is 0 Å². The quantitative estimate of drug-likeness (QED) is 0.418. The summed E-state index contributed by atoms with van der Waals surface area (Å²) in [6.07, 6.45) is 1.70. The molecule has 4 aromatic rings. The van der Waals surface area contributed by atoms with Crippen LogP contribution in [0.3, 0.4) is 0 Å². The second-order valence-electron chi connectivity index (χ2n) is 4.77. The summed E-state index contributed by atoms with van der Waals surface area (Å²) in [5.74, 6) is 0.355. The van der Waals surface area contributed by atoms with Gasteiger partial charge in [-0.3, -0.25) is 10.1 Å². The minimum absolute atomic E-state index is 0.0215. The summed E-state index contributed by atoms with van der Waals surface area (Å²) < 4.78 is 1.53. The van der Waals surface area contributed by atoms with E-state index < -0.39 is 4.92 Å². The maximum absolute atomic E-state index is 11.2. The van der Waals surface area contributed by atoms with Gasteiger partial charge in [-0.15, -0.1) is 10.2 Å². The molecule has 0 bridgehead atoms. The van der Waals surface area contributed by atoms with Crippen LogP contribution >= 0.6 is 0 Å². The monoisotopic (exact) mass is 291 g/mol. The summed E-state index contributed by atoms with van der Waals surface area (Å²) in [6, 6.07) is 14.1. The van der Waals surface area contributed by atoms with Crippen molar-refractivity contribution in [1.29, 1.82) is 0 Å². The van der Waals surface area contributed by atoms with Gasteiger partial charge in [-0.05, 0) is 6.07 Å². The number of nitro groups is 1. The van der Waals surface area contributed by atoms with Crippen LogP contribution < -0.4 is 0 Å². The largest absolute Gasteiger partial charge is 0.280 e. The van der Waals surface area contributed by atoms with E-state index in [1.807, 2.05) is 24.3 Å². The van der Waals surface area contributed by atoms with Crippen LogP contribution in [0, 0.1) is 10.1 Å². The molecule has 2 aromatic heterocycles. The van der Waals surface area contributed by atoms with Crippen LogP contribution in [0.15, 0.2) is 54.7 Å². The maximum Gasteiger partial charge on any atom is 0.280 e. The molecule has 7 heteroatoms. The van der Waals surface area contributed by atoms with E-state index in [1.54, 1.807) is 24.4 Å². The number of para-hydroxylation sites is 1. The number of nitrogens with zero attached hydrogens (tertiary/aromatic N) is 5. The predicted molar refractivity (Wildman–Crippen MR) is 80.4 cm³/mol. The van der Waals surface area contributed by atoms with Gasteiger partial charge < -0.3 is 0 Å². The summed E-state index contributed by atoms with van der Waals surface area (Å²) >= 11 is 0. The molecule has 0 atom stereocenters. The van der Waals surface area contributed by atoms with Gasteiger partial charge in [0.15, 0.2) is 11.5 Å². The molecule has 0 fully saturated rings. The molecule has 0 spiro atoms. The Hall–Kier alpha value is -3.35. The Bertz CT molecular complexity index is 1020. The Morgan fingerprint density at radius 1 is 1.00 bits per heavy atom. The van der Waals surface area contributed by atoms with Crippen molar-refractivity contribution in [1.82, 2.24) is 19.8 Å². The number of benzene rings is 2. The Balaban J connectivity index is 2.05. The number of aromatic nitrogens is 4. The standard InChI is InChI=1S/C15H9N5O2/c21-20(22)13-8-4-3-7-12(13)15-18-17-14-11-6-2-1-5-10(11)9-16-19(14)15/h1-9H. The van der Waals surface area contributed by atoms with E-state index in [0.29, 0.717) is 17.0 Å². The van der Waals surface area contributed by atoms with Crippen molar-refractivity contribution in [3.63, 3.8) is 0 Å². The molecule has 0 aliphatic rings. The van der Waals surface area contributed by atoms with Gasteiger partial charge in [0.2, 0.25) is 0 Å². The molecule has 0 saturated carbocycles. The molecule has 2 heterocycles. The first-order valence-corrected chi connectivity index (χ1v) is 6.58. The number of hydrogen-bond donors (Lipinski definition) is 0. The SMILES string of the molecule is O=[N+]([O-])c1ccccc1-c1nnc2c3ccccc3cnn12. The highest BCUT2D eigenvalue weighted by molar-refractivity contribution is 5.93. The van der Waals surface area contributed by atoms with Crippen molar-refractivity contribution in [3.05, 3.63) is 64.8 Å². The van der Waals surface area contributed by atoms with Crippen LogP contribution in [0.5, 0.6) is 0 Å². The zero-order valence-corrected chi connectivity index (χ0v) is 11.2. The number of fused-ring (bicyclic) bond motifs is 3. The number of rotatable bonds is 2. The van der Waals surface area contributed by atoms with E-state index >= 15 is 0 Å². The fourth-order valence-corrected chi connectivity index (χ4v) is 2.48. The third-order valence-corrected chi connectivity index (χ3v) is 3.50. The Labute approximate surface area is 124 Å². The lowest BCUT2D eigenvalue weighted by atomic mass is 10.1. The highest BCUT2D eigenvalue weighted by atomic mass is 16.6. The first-order chi connectivity index (χ1) is 10.8. The van der Waals surface area contributed by atoms with Crippen molar-refractivity contribution in [3.8, 4) is 11.4 Å². The number of hydrogen-bond acceptors (Lipinski definition) is 5. The minimum Gasteiger partial charge on any atom is -0.258 e. The van der Waals surface area contributed by atoms with Gasteiger partial charge in [0, 0.05) is 16.8 Å². The van der Waals surface area contributed by atoms with Crippen LogP contribution in [0.25, 0.3) is 27.8 Å². The summed E-state index contributed by atoms with van der Waals surface area (Å²) in [7, 11) is 0. The van der Waals surface area contributed by atoms with Gasteiger partial charge in [0.1, 0.15) is 0 Å². The van der Waals surface area contributed by atoms with Gasteiger partial charge in [-0.2, -0.15) is 9.61 Å². The molecule has 0 aliphatic carbocycles. The lowest BCUT2D eigenvalue weighted by Crippen LogP contribution is -1.98. The van der Waals surface area contributed by atoms with E-state index in [0.717, 1.165) is 10.8 Å². The lowest BCUT2D eigenvalue weighted by molar-refractivity contribution is -0.384. The second kappa shape index (κ2) is 4.59. The molecular formula is C15H9N5O2. The van der Waals surface area contributed by atoms with Crippen LogP contribution in [0.1, 0.15) is 0 Å². The summed E-state index contributed by atoms with van der Waals surface area (Å²) in [5, 5.41) is 25.6. The molecule has 2 aromatic carbocycles. The van der Waals surface area contributed by atoms with Gasteiger partial charge in [0.05, 0.1) is 16.7 Å². The Morgan fingerprint density at radius 3 is 2.64 bits per heavy atom. The third-order valence-electron chi connectivity index (χ3n) is 3.50. The topological polar surface area (TPSA) is 86.2 Å². The third kappa shape index (κ3) is 1.72. The van der Waals surface area contributed by atoms with E-state index in [4.69, 9.17) is 0 Å². The maximum atomic E-state index is 11.2. The lowest BCUT2D eigenvalue weighted by Gasteiger charge is -2.02. The zero-order valence-electron chi connectivity index (χ0n) is 11.2. The molecule has 0 N–H and O–H groups in total. The first kappa shape index (κ1) is 12.4. The van der Waals surface area contributed by atoms with E-state index in [1.165, 1.54) is 10.6 Å². The summed E-state index contributed by atoms with van der Waals surface area (Å²) in [6.45, 7) is 0. The van der Waals surface area contributed by atoms with Crippen LogP contribution in [-0.4, -0.2) is 24.7 Å². The van der Waals surface area contributed by atoms with Crippen LogP contribution in [0.2, 0.25) is 0 Å². The minimum atomic E-state index is -0.433. The van der Waals surface area contributed by atoms with Gasteiger partial charge >= 0.3 is 0 Å². The molecule has 0 unspecified atom stereocenters. The molecule has 0 aliphatic heterocycles. The summed E-state index contributed by atoms with van der Waals surface area (Å²) in [4.78, 5) is 10.8. The average molecular weight is 291 g/mol. The van der Waals surface area contributed by atoms with Gasteiger partial charge in [0.25, 0.3) is 5.69 Å². The van der Waals surface area contributed by atoms with Crippen molar-refractivity contribution >= 4 is 22.1 Å². The molecule has 106 valence electrons. The Kier molecular flexibility index (Phi) is 2.59. The molecule has 22 heavy (non-hydrogen) atoms. The van der Waals surface area contributed by atoms with E-state index in [9.17, 15) is 10.1 Å². The van der Waals surface area contributed by atoms with E-state index in [2.05, 4.69) is 15.3 Å². The average Bonchev–Trinajstić information content (AvgIpc) is 2.99. The van der Waals surface area contributed by atoms with Crippen LogP contribution in [0.4, 0.5) is 5.69 Å². The molecule has 4 rings (SSSR count). The highest BCUT2D eigenvalue weighted by Gasteiger charge is 2.20. The molecular weight excluding hydrogens is 282 g/mol. The van der Waals surface area contributed by atoms with Crippen molar-refractivity contribution in [2.45, 2.75) is 0 Å². The van der Waals surface area contributed by atoms with Gasteiger partial charge in [-0.1, -0.05) is 36.4 Å². The Morgan fingerprint density at radius 2 is 1.77 bits per heavy atom. The highest BCUT2D eigenvalue weighted by Crippen LogP contribution is 2.29. The second-order valence-corrected chi connectivity index (χ2v) is 4.77. The molecule has 0 saturated heterocycles. The zero-order chi connectivity index (χ0) is 15.1. The normalized spacial score (nSPS) is 11.1. The van der Waals surface area contributed by atoms with Crippen molar-refractivity contribution in [2.75, 3.05) is 0 Å². The smallest absolute Gasteiger partial charge is 0.258 e. The molecule has 7 nitrogen and oxygen atoms in total. The fourth-order valence-electron chi connectivity index (χ4n) is 2.48. The van der Waals surface area contributed by atoms with Gasteiger partial charge in [-0.25, -0.2) is 0 Å². The number of nitro benzene ring substituents is 1. The molecule has 0 radical (unpaired) electrons. The predicted octanol–water partition coefficient (Wildman–Crippen LogP) is 2.85. The van der Waals surface area contributed by atoms with Crippen molar-refractivity contribution in [2.24, 2.45) is 0 Å².